The molecule has 1 unspecified atom stereocenters. The maximum atomic E-state index is 6.07. The molecular formula is C16H21N3OS. The molecule has 1 aromatic heterocycles. The third-order valence-electron chi connectivity index (χ3n) is 3.88. The van der Waals surface area contributed by atoms with Gasteiger partial charge in [0.05, 0.1) is 13.2 Å². The third-order valence-corrected chi connectivity index (χ3v) is 4.67. The minimum absolute atomic E-state index is 0.289. The minimum Gasteiger partial charge on any atom is -0.367 e. The van der Waals surface area contributed by atoms with Crippen molar-refractivity contribution in [3.63, 3.8) is 0 Å². The predicted molar refractivity (Wildman–Crippen MR) is 86.0 cm³/mol. The van der Waals surface area contributed by atoms with Gasteiger partial charge < -0.3 is 9.64 Å². The Bertz CT molecular complexity index is 599. The van der Waals surface area contributed by atoms with E-state index < -0.39 is 0 Å². The van der Waals surface area contributed by atoms with Crippen LogP contribution in [0.5, 0.6) is 0 Å². The summed E-state index contributed by atoms with van der Waals surface area (Å²) in [6.07, 6.45) is 0. The first-order chi connectivity index (χ1) is 10.1. The molecule has 1 aliphatic rings. The number of nitrogens with zero attached hydrogens (tertiary/aromatic N) is 3. The summed E-state index contributed by atoms with van der Waals surface area (Å²) in [7, 11) is 0. The zero-order chi connectivity index (χ0) is 14.9. The Kier molecular flexibility index (Phi) is 3.95. The van der Waals surface area contributed by atoms with Crippen LogP contribution in [0.3, 0.4) is 0 Å². The predicted octanol–water partition coefficient (Wildman–Crippen LogP) is 3.41. The standard InChI is InChI=1S/C16H21N3OS/c1-12(2)14-17-15(21-18-14)19-9-10-20-16(3,11-19)13-7-5-4-6-8-13/h4-8,12H,9-11H2,1-3H3. The van der Waals surface area contributed by atoms with Crippen molar-refractivity contribution in [2.45, 2.75) is 32.3 Å². The number of hydrogen-bond donors (Lipinski definition) is 0. The highest BCUT2D eigenvalue weighted by Gasteiger charge is 2.35. The molecule has 0 amide bonds. The summed E-state index contributed by atoms with van der Waals surface area (Å²) in [5, 5.41) is 1.00. The Morgan fingerprint density at radius 3 is 2.71 bits per heavy atom. The number of rotatable bonds is 3. The van der Waals surface area contributed by atoms with Crippen molar-refractivity contribution < 1.29 is 4.74 Å². The van der Waals surface area contributed by atoms with Crippen LogP contribution in [0.1, 0.15) is 38.1 Å². The van der Waals surface area contributed by atoms with E-state index in [0.717, 1.165) is 24.0 Å². The zero-order valence-electron chi connectivity index (χ0n) is 12.7. The maximum Gasteiger partial charge on any atom is 0.205 e. The quantitative estimate of drug-likeness (QED) is 0.871. The summed E-state index contributed by atoms with van der Waals surface area (Å²) in [5.74, 6) is 1.31. The van der Waals surface area contributed by atoms with Gasteiger partial charge in [0.15, 0.2) is 0 Å². The Morgan fingerprint density at radius 1 is 1.29 bits per heavy atom. The van der Waals surface area contributed by atoms with Gasteiger partial charge in [0.25, 0.3) is 0 Å². The second-order valence-electron chi connectivity index (χ2n) is 5.96. The van der Waals surface area contributed by atoms with E-state index >= 15 is 0 Å². The van der Waals surface area contributed by atoms with E-state index in [4.69, 9.17) is 4.74 Å². The van der Waals surface area contributed by atoms with Crippen LogP contribution in [-0.2, 0) is 10.3 Å². The zero-order valence-corrected chi connectivity index (χ0v) is 13.6. The van der Waals surface area contributed by atoms with Gasteiger partial charge in [0.1, 0.15) is 11.4 Å². The van der Waals surface area contributed by atoms with Crippen LogP contribution in [0.4, 0.5) is 5.13 Å². The lowest BCUT2D eigenvalue weighted by Crippen LogP contribution is -2.48. The van der Waals surface area contributed by atoms with E-state index in [-0.39, 0.29) is 5.60 Å². The molecule has 0 spiro atoms. The van der Waals surface area contributed by atoms with E-state index in [1.165, 1.54) is 17.1 Å². The van der Waals surface area contributed by atoms with Crippen LogP contribution in [-0.4, -0.2) is 29.1 Å². The van der Waals surface area contributed by atoms with E-state index in [1.807, 2.05) is 6.07 Å². The Balaban J connectivity index is 1.82. The van der Waals surface area contributed by atoms with Gasteiger partial charge in [-0.1, -0.05) is 44.2 Å². The van der Waals surface area contributed by atoms with Gasteiger partial charge in [0.2, 0.25) is 5.13 Å². The molecule has 1 saturated heterocycles. The van der Waals surface area contributed by atoms with Crippen LogP contribution in [0.15, 0.2) is 30.3 Å². The van der Waals surface area contributed by atoms with Gasteiger partial charge in [-0.25, -0.2) is 4.98 Å². The fourth-order valence-corrected chi connectivity index (χ4v) is 3.42. The molecule has 5 heteroatoms. The molecule has 0 saturated carbocycles. The third kappa shape index (κ3) is 2.94. The molecule has 1 atom stereocenters. The fourth-order valence-electron chi connectivity index (χ4n) is 2.59. The minimum atomic E-state index is -0.289. The van der Waals surface area contributed by atoms with Gasteiger partial charge in [-0.3, -0.25) is 0 Å². The molecule has 1 aromatic carbocycles. The molecule has 1 fully saturated rings. The summed E-state index contributed by atoms with van der Waals surface area (Å²) in [6, 6.07) is 10.4. The van der Waals surface area contributed by atoms with Gasteiger partial charge in [0, 0.05) is 24.0 Å². The molecule has 0 aliphatic carbocycles. The van der Waals surface area contributed by atoms with Crippen LogP contribution in [0.25, 0.3) is 0 Å². The van der Waals surface area contributed by atoms with Gasteiger partial charge in [-0.05, 0) is 12.5 Å². The Labute approximate surface area is 129 Å². The second kappa shape index (κ2) is 5.73. The van der Waals surface area contributed by atoms with Gasteiger partial charge in [-0.2, -0.15) is 4.37 Å². The summed E-state index contributed by atoms with van der Waals surface area (Å²) < 4.78 is 10.5. The second-order valence-corrected chi connectivity index (χ2v) is 6.69. The largest absolute Gasteiger partial charge is 0.367 e. The Morgan fingerprint density at radius 2 is 2.05 bits per heavy atom. The van der Waals surface area contributed by atoms with Crippen molar-refractivity contribution in [2.24, 2.45) is 0 Å². The lowest BCUT2D eigenvalue weighted by atomic mass is 9.94. The summed E-state index contributed by atoms with van der Waals surface area (Å²) in [5.41, 5.74) is 0.923. The number of morpholine rings is 1. The molecule has 3 rings (SSSR count). The van der Waals surface area contributed by atoms with E-state index in [1.54, 1.807) is 0 Å². The van der Waals surface area contributed by atoms with Gasteiger partial charge >= 0.3 is 0 Å². The average Bonchev–Trinajstić information content (AvgIpc) is 2.98. The SMILES string of the molecule is CC(C)c1nsc(N2CCOC(C)(c3ccccc3)C2)n1. The molecule has 4 nitrogen and oxygen atoms in total. The number of anilines is 1. The number of ether oxygens (including phenoxy) is 1. The maximum absolute atomic E-state index is 6.07. The topological polar surface area (TPSA) is 38.2 Å². The van der Waals surface area contributed by atoms with Crippen LogP contribution in [0, 0.1) is 0 Å². The molecule has 21 heavy (non-hydrogen) atoms. The first kappa shape index (κ1) is 14.5. The van der Waals surface area contributed by atoms with Crippen LogP contribution in [0.2, 0.25) is 0 Å². The van der Waals surface area contributed by atoms with Gasteiger partial charge in [-0.15, -0.1) is 0 Å². The first-order valence-corrected chi connectivity index (χ1v) is 8.14. The Hall–Kier alpha value is -1.46. The van der Waals surface area contributed by atoms with Crippen LogP contribution < -0.4 is 4.90 Å². The molecular weight excluding hydrogens is 282 g/mol. The monoisotopic (exact) mass is 303 g/mol. The molecule has 0 bridgehead atoms. The highest BCUT2D eigenvalue weighted by molar-refractivity contribution is 7.09. The molecule has 2 aromatic rings. The van der Waals surface area contributed by atoms with Crippen molar-refractivity contribution in [1.29, 1.82) is 0 Å². The molecule has 112 valence electrons. The first-order valence-electron chi connectivity index (χ1n) is 7.36. The summed E-state index contributed by atoms with van der Waals surface area (Å²) in [4.78, 5) is 6.96. The van der Waals surface area contributed by atoms with Crippen molar-refractivity contribution in [2.75, 3.05) is 24.6 Å². The molecule has 0 N–H and O–H groups in total. The lowest BCUT2D eigenvalue weighted by molar-refractivity contribution is -0.0466. The van der Waals surface area contributed by atoms with E-state index in [2.05, 4.69) is 59.3 Å². The van der Waals surface area contributed by atoms with E-state index in [9.17, 15) is 0 Å². The molecule has 1 aliphatic heterocycles. The van der Waals surface area contributed by atoms with Crippen molar-refractivity contribution >= 4 is 16.7 Å². The fraction of sp³-hybridized carbons (Fsp3) is 0.500. The normalized spacial score (nSPS) is 22.8. The van der Waals surface area contributed by atoms with Crippen LogP contribution >= 0.6 is 11.5 Å². The average molecular weight is 303 g/mol. The van der Waals surface area contributed by atoms with Crippen molar-refractivity contribution in [3.05, 3.63) is 41.7 Å². The van der Waals surface area contributed by atoms with E-state index in [0.29, 0.717) is 12.5 Å². The van der Waals surface area contributed by atoms with Crippen molar-refractivity contribution in [3.8, 4) is 0 Å². The molecule has 2 heterocycles. The highest BCUT2D eigenvalue weighted by Crippen LogP contribution is 2.32. The highest BCUT2D eigenvalue weighted by atomic mass is 32.1. The summed E-state index contributed by atoms with van der Waals surface area (Å²) >= 11 is 1.49. The lowest BCUT2D eigenvalue weighted by Gasteiger charge is -2.40. The smallest absolute Gasteiger partial charge is 0.205 e. The van der Waals surface area contributed by atoms with Crippen molar-refractivity contribution in [1.82, 2.24) is 9.36 Å². The number of hydrogen-bond acceptors (Lipinski definition) is 5. The summed E-state index contributed by atoms with van der Waals surface area (Å²) in [6.45, 7) is 8.79. The number of benzene rings is 1. The molecule has 0 radical (unpaired) electrons. The number of aromatic nitrogens is 2.